The summed E-state index contributed by atoms with van der Waals surface area (Å²) in [5.74, 6) is -0.0349. The monoisotopic (exact) mass is 371 g/mol. The zero-order chi connectivity index (χ0) is 16.1. The number of nitrogens with zero attached hydrogens (tertiary/aromatic N) is 2. The normalized spacial score (nSPS) is 16.7. The average Bonchev–Trinajstić information content (AvgIpc) is 2.49. The Morgan fingerprint density at radius 2 is 2.09 bits per heavy atom. The highest BCUT2D eigenvalue weighted by Gasteiger charge is 2.21. The van der Waals surface area contributed by atoms with Gasteiger partial charge in [0.15, 0.2) is 0 Å². The molecule has 122 valence electrons. The highest BCUT2D eigenvalue weighted by atomic mass is 79.9. The summed E-state index contributed by atoms with van der Waals surface area (Å²) in [6, 6.07) is 5.38. The first-order valence-corrected chi connectivity index (χ1v) is 8.35. The van der Waals surface area contributed by atoms with Crippen LogP contribution < -0.4 is 5.32 Å². The number of hydrogen-bond acceptors (Lipinski definition) is 3. The van der Waals surface area contributed by atoms with Crippen molar-refractivity contribution in [2.75, 3.05) is 33.7 Å². The van der Waals surface area contributed by atoms with E-state index in [-0.39, 0.29) is 11.7 Å². The molecule has 6 heteroatoms. The fraction of sp³-hybridized carbons (Fsp3) is 0.562. The number of rotatable bonds is 5. The van der Waals surface area contributed by atoms with E-state index < -0.39 is 0 Å². The molecule has 0 bridgehead atoms. The second-order valence-corrected chi connectivity index (χ2v) is 6.87. The Hall–Kier alpha value is -0.980. The van der Waals surface area contributed by atoms with Crippen molar-refractivity contribution < 1.29 is 9.18 Å². The number of nitrogens with one attached hydrogen (secondary N) is 1. The summed E-state index contributed by atoms with van der Waals surface area (Å²) < 4.78 is 14.6. The van der Waals surface area contributed by atoms with Gasteiger partial charge in [-0.2, -0.15) is 0 Å². The first kappa shape index (κ1) is 17.4. The highest BCUT2D eigenvalue weighted by Crippen LogP contribution is 2.17. The first-order chi connectivity index (χ1) is 10.5. The molecule has 0 saturated carbocycles. The minimum atomic E-state index is -0.176. The van der Waals surface area contributed by atoms with E-state index in [4.69, 9.17) is 0 Å². The van der Waals surface area contributed by atoms with Crippen LogP contribution in [0.4, 0.5) is 4.39 Å². The van der Waals surface area contributed by atoms with Crippen molar-refractivity contribution in [3.8, 4) is 0 Å². The van der Waals surface area contributed by atoms with Gasteiger partial charge in [0.25, 0.3) is 0 Å². The van der Waals surface area contributed by atoms with Crippen LogP contribution in [0, 0.1) is 5.82 Å². The standard InChI is InChI=1S/C16H23BrFN3O/c1-20(2)16(22)11-21-7-5-14(6-8-21)19-10-12-9-13(17)3-4-15(12)18/h3-4,9,14,19H,5-8,10-11H2,1-2H3. The van der Waals surface area contributed by atoms with Crippen molar-refractivity contribution >= 4 is 21.8 Å². The molecule has 0 aromatic heterocycles. The second kappa shape index (κ2) is 8.04. The predicted octanol–water partition coefficient (Wildman–Crippen LogP) is 2.23. The molecule has 1 aliphatic heterocycles. The van der Waals surface area contributed by atoms with E-state index in [0.717, 1.165) is 30.4 Å². The summed E-state index contributed by atoms with van der Waals surface area (Å²) in [6.45, 7) is 2.82. The highest BCUT2D eigenvalue weighted by molar-refractivity contribution is 9.10. The number of likely N-dealkylation sites (tertiary alicyclic amines) is 1. The van der Waals surface area contributed by atoms with Gasteiger partial charge >= 0.3 is 0 Å². The average molecular weight is 372 g/mol. The van der Waals surface area contributed by atoms with Crippen molar-refractivity contribution in [2.45, 2.75) is 25.4 Å². The van der Waals surface area contributed by atoms with Gasteiger partial charge in [0.05, 0.1) is 6.54 Å². The molecular weight excluding hydrogens is 349 g/mol. The molecular formula is C16H23BrFN3O. The summed E-state index contributed by atoms with van der Waals surface area (Å²) in [4.78, 5) is 15.5. The molecule has 1 aromatic rings. The number of benzene rings is 1. The van der Waals surface area contributed by atoms with Crippen LogP contribution in [-0.4, -0.2) is 55.5 Å². The predicted molar refractivity (Wildman–Crippen MR) is 89.1 cm³/mol. The molecule has 0 radical (unpaired) electrons. The number of piperidine rings is 1. The summed E-state index contributed by atoms with van der Waals surface area (Å²) in [7, 11) is 3.56. The van der Waals surface area contributed by atoms with Crippen LogP contribution in [0.2, 0.25) is 0 Å². The van der Waals surface area contributed by atoms with Crippen LogP contribution in [0.3, 0.4) is 0 Å². The first-order valence-electron chi connectivity index (χ1n) is 7.55. The van der Waals surface area contributed by atoms with Crippen LogP contribution in [0.5, 0.6) is 0 Å². The lowest BCUT2D eigenvalue weighted by atomic mass is 10.0. The van der Waals surface area contributed by atoms with Gasteiger partial charge in [0, 0.05) is 49.8 Å². The maximum Gasteiger partial charge on any atom is 0.236 e. The molecule has 1 aromatic carbocycles. The summed E-state index contributed by atoms with van der Waals surface area (Å²) in [5.41, 5.74) is 0.680. The van der Waals surface area contributed by atoms with E-state index in [0.29, 0.717) is 24.7 Å². The molecule has 0 aliphatic carbocycles. The Kier molecular flexibility index (Phi) is 6.35. The maximum absolute atomic E-state index is 13.7. The molecule has 1 aliphatic rings. The molecule has 1 amide bonds. The molecule has 4 nitrogen and oxygen atoms in total. The third-order valence-corrected chi connectivity index (χ3v) is 4.53. The van der Waals surface area contributed by atoms with E-state index in [1.165, 1.54) is 6.07 Å². The lowest BCUT2D eigenvalue weighted by molar-refractivity contribution is -0.130. The third kappa shape index (κ3) is 5.04. The SMILES string of the molecule is CN(C)C(=O)CN1CCC(NCc2cc(Br)ccc2F)CC1. The molecule has 22 heavy (non-hydrogen) atoms. The van der Waals surface area contributed by atoms with Crippen molar-refractivity contribution in [3.63, 3.8) is 0 Å². The summed E-state index contributed by atoms with van der Waals surface area (Å²) >= 11 is 3.37. The molecule has 0 atom stereocenters. The Morgan fingerprint density at radius 3 is 2.73 bits per heavy atom. The number of carbonyl (C=O) groups is 1. The van der Waals surface area contributed by atoms with Gasteiger partial charge in [-0.05, 0) is 31.0 Å². The molecule has 1 N–H and O–H groups in total. The molecule has 0 unspecified atom stereocenters. The number of halogens is 2. The largest absolute Gasteiger partial charge is 0.348 e. The number of likely N-dealkylation sites (N-methyl/N-ethyl adjacent to an activating group) is 1. The maximum atomic E-state index is 13.7. The van der Waals surface area contributed by atoms with Crippen LogP contribution in [0.25, 0.3) is 0 Å². The third-order valence-electron chi connectivity index (χ3n) is 4.03. The molecule has 0 spiro atoms. The van der Waals surface area contributed by atoms with E-state index in [2.05, 4.69) is 26.1 Å². The van der Waals surface area contributed by atoms with Crippen LogP contribution in [-0.2, 0) is 11.3 Å². The molecule has 2 rings (SSSR count). The zero-order valence-electron chi connectivity index (χ0n) is 13.1. The van der Waals surface area contributed by atoms with Crippen molar-refractivity contribution in [3.05, 3.63) is 34.1 Å². The number of amides is 1. The quantitative estimate of drug-likeness (QED) is 0.861. The van der Waals surface area contributed by atoms with Crippen LogP contribution in [0.15, 0.2) is 22.7 Å². The van der Waals surface area contributed by atoms with Gasteiger partial charge in [-0.15, -0.1) is 0 Å². The molecule has 1 saturated heterocycles. The summed E-state index contributed by atoms with van der Waals surface area (Å²) in [5, 5.41) is 3.42. The fourth-order valence-corrected chi connectivity index (χ4v) is 2.97. The zero-order valence-corrected chi connectivity index (χ0v) is 14.7. The van der Waals surface area contributed by atoms with Crippen molar-refractivity contribution in [1.82, 2.24) is 15.1 Å². The van der Waals surface area contributed by atoms with Crippen molar-refractivity contribution in [2.24, 2.45) is 0 Å². The Balaban J connectivity index is 1.76. The number of carbonyl (C=O) groups excluding carboxylic acids is 1. The second-order valence-electron chi connectivity index (χ2n) is 5.96. The van der Waals surface area contributed by atoms with E-state index in [1.807, 2.05) is 6.07 Å². The molecule has 1 heterocycles. The Morgan fingerprint density at radius 1 is 1.41 bits per heavy atom. The Labute approximate surface area is 139 Å². The van der Waals surface area contributed by atoms with Crippen LogP contribution in [0.1, 0.15) is 18.4 Å². The van der Waals surface area contributed by atoms with E-state index in [1.54, 1.807) is 25.1 Å². The van der Waals surface area contributed by atoms with Gasteiger partial charge in [-0.3, -0.25) is 9.69 Å². The van der Waals surface area contributed by atoms with Gasteiger partial charge in [-0.1, -0.05) is 15.9 Å². The fourth-order valence-electron chi connectivity index (χ4n) is 2.56. The van der Waals surface area contributed by atoms with E-state index >= 15 is 0 Å². The number of hydrogen-bond donors (Lipinski definition) is 1. The molecule has 1 fully saturated rings. The van der Waals surface area contributed by atoms with E-state index in [9.17, 15) is 9.18 Å². The topological polar surface area (TPSA) is 35.6 Å². The lowest BCUT2D eigenvalue weighted by Crippen LogP contribution is -2.45. The Bertz CT molecular complexity index is 516. The van der Waals surface area contributed by atoms with Crippen molar-refractivity contribution in [1.29, 1.82) is 0 Å². The minimum Gasteiger partial charge on any atom is -0.348 e. The van der Waals surface area contributed by atoms with Gasteiger partial charge in [0.1, 0.15) is 5.82 Å². The smallest absolute Gasteiger partial charge is 0.236 e. The van der Waals surface area contributed by atoms with Gasteiger partial charge in [0.2, 0.25) is 5.91 Å². The van der Waals surface area contributed by atoms with Gasteiger partial charge < -0.3 is 10.2 Å². The lowest BCUT2D eigenvalue weighted by Gasteiger charge is -2.32. The van der Waals surface area contributed by atoms with Gasteiger partial charge in [-0.25, -0.2) is 4.39 Å². The van der Waals surface area contributed by atoms with Crippen LogP contribution >= 0.6 is 15.9 Å². The summed E-state index contributed by atoms with van der Waals surface area (Å²) in [6.07, 6.45) is 1.96. The minimum absolute atomic E-state index is 0.141.